The third-order valence-corrected chi connectivity index (χ3v) is 2.64. The first-order chi connectivity index (χ1) is 11.3. The molecule has 0 amide bonds. The maximum Gasteiger partial charge on any atom is 0.328 e. The van der Waals surface area contributed by atoms with Crippen LogP contribution < -0.4 is 9.47 Å². The molecule has 1 aromatic rings. The van der Waals surface area contributed by atoms with Crippen molar-refractivity contribution in [1.82, 2.24) is 4.90 Å². The van der Waals surface area contributed by atoms with Crippen molar-refractivity contribution in [2.45, 2.75) is 6.92 Å². The predicted molar refractivity (Wildman–Crippen MR) is 90.6 cm³/mol. The number of nitrogens with zero attached hydrogens (tertiary/aromatic N) is 1. The molecule has 0 fully saturated rings. The minimum atomic E-state index is -1.26. The fraction of sp³-hybridized carbons (Fsp3) is 0.412. The number of carboxylic acid groups (broad SMARTS) is 2. The molecule has 1 rings (SSSR count). The van der Waals surface area contributed by atoms with E-state index in [2.05, 4.69) is 25.9 Å². The molecule has 0 aliphatic carbocycles. The fourth-order valence-corrected chi connectivity index (χ4v) is 1.79. The Morgan fingerprint density at radius 1 is 1.12 bits per heavy atom. The van der Waals surface area contributed by atoms with Crippen molar-refractivity contribution in [1.29, 1.82) is 0 Å². The van der Waals surface area contributed by atoms with E-state index in [4.69, 9.17) is 19.7 Å². The molecule has 0 bridgehead atoms. The zero-order valence-electron chi connectivity index (χ0n) is 14.4. The highest BCUT2D eigenvalue weighted by molar-refractivity contribution is 5.89. The summed E-state index contributed by atoms with van der Waals surface area (Å²) in [5, 5.41) is 15.6. The maximum absolute atomic E-state index is 9.55. The van der Waals surface area contributed by atoms with Crippen LogP contribution >= 0.6 is 0 Å². The molecule has 0 heterocycles. The molecule has 1 atom stereocenters. The second-order valence-corrected chi connectivity index (χ2v) is 5.34. The summed E-state index contributed by atoms with van der Waals surface area (Å²) in [6.45, 7) is 3.91. The summed E-state index contributed by atoms with van der Waals surface area (Å²) in [5.41, 5.74) is 0. The molecule has 7 nitrogen and oxygen atoms in total. The van der Waals surface area contributed by atoms with Crippen LogP contribution in [-0.4, -0.2) is 61.4 Å². The van der Waals surface area contributed by atoms with Gasteiger partial charge in [0, 0.05) is 24.6 Å². The average Bonchev–Trinajstić information content (AvgIpc) is 2.51. The summed E-state index contributed by atoms with van der Waals surface area (Å²) in [6, 6.07) is 7.73. The van der Waals surface area contributed by atoms with Gasteiger partial charge in [0.1, 0.15) is 0 Å². The Bertz CT molecular complexity index is 526. The number of carboxylic acids is 2. The lowest BCUT2D eigenvalue weighted by Gasteiger charge is -2.18. The molecule has 1 aromatic carbocycles. The molecule has 0 aliphatic rings. The fourth-order valence-electron chi connectivity index (χ4n) is 1.79. The van der Waals surface area contributed by atoms with E-state index in [1.807, 2.05) is 24.3 Å². The highest BCUT2D eigenvalue weighted by Gasteiger charge is 2.07. The van der Waals surface area contributed by atoms with Crippen LogP contribution in [-0.2, 0) is 9.59 Å². The topological polar surface area (TPSA) is 96.3 Å². The van der Waals surface area contributed by atoms with Gasteiger partial charge in [0.2, 0.25) is 0 Å². The van der Waals surface area contributed by atoms with E-state index in [1.54, 1.807) is 7.11 Å². The first-order valence-corrected chi connectivity index (χ1v) is 7.30. The lowest BCUT2D eigenvalue weighted by atomic mass is 10.2. The number of methoxy groups -OCH3 is 1. The van der Waals surface area contributed by atoms with E-state index in [0.29, 0.717) is 24.7 Å². The molecule has 0 saturated carbocycles. The minimum Gasteiger partial charge on any atom is -0.493 e. The lowest BCUT2D eigenvalue weighted by Crippen LogP contribution is -2.24. The van der Waals surface area contributed by atoms with Crippen LogP contribution in [0, 0.1) is 5.92 Å². The number of hydrogen-bond acceptors (Lipinski definition) is 5. The maximum atomic E-state index is 9.55. The van der Waals surface area contributed by atoms with Gasteiger partial charge in [-0.3, -0.25) is 0 Å². The molecule has 2 N–H and O–H groups in total. The van der Waals surface area contributed by atoms with Gasteiger partial charge in [0.25, 0.3) is 0 Å². The normalized spacial score (nSPS) is 11.5. The Balaban J connectivity index is 0.000000561. The number of para-hydroxylation sites is 2. The van der Waals surface area contributed by atoms with Gasteiger partial charge >= 0.3 is 11.9 Å². The largest absolute Gasteiger partial charge is 0.493 e. The molecular formula is C17H25NO6. The molecule has 1 unspecified atom stereocenters. The van der Waals surface area contributed by atoms with Crippen molar-refractivity contribution in [3.63, 3.8) is 0 Å². The van der Waals surface area contributed by atoms with Crippen LogP contribution in [0.3, 0.4) is 0 Å². The molecule has 0 aliphatic heterocycles. The Labute approximate surface area is 142 Å². The Kier molecular flexibility index (Phi) is 10.7. The molecule has 134 valence electrons. The summed E-state index contributed by atoms with van der Waals surface area (Å²) in [6.07, 6.45) is 1.12. The highest BCUT2D eigenvalue weighted by Crippen LogP contribution is 2.26. The Hall–Kier alpha value is -2.54. The van der Waals surface area contributed by atoms with Gasteiger partial charge in [-0.15, -0.1) is 0 Å². The van der Waals surface area contributed by atoms with Gasteiger partial charge in [0.15, 0.2) is 11.5 Å². The van der Waals surface area contributed by atoms with Crippen molar-refractivity contribution >= 4 is 11.9 Å². The van der Waals surface area contributed by atoms with Crippen molar-refractivity contribution in [3.05, 3.63) is 36.4 Å². The summed E-state index contributed by atoms with van der Waals surface area (Å²) in [4.78, 5) is 21.3. The minimum absolute atomic E-state index is 0.500. The third-order valence-electron chi connectivity index (χ3n) is 2.64. The number of carbonyl (C=O) groups is 2. The van der Waals surface area contributed by atoms with Crippen LogP contribution in [0.25, 0.3) is 0 Å². The van der Waals surface area contributed by atoms with Gasteiger partial charge in [-0.25, -0.2) is 9.59 Å². The predicted octanol–water partition coefficient (Wildman–Crippen LogP) is 1.98. The number of hydrogen-bond donors (Lipinski definition) is 2. The van der Waals surface area contributed by atoms with E-state index < -0.39 is 11.9 Å². The van der Waals surface area contributed by atoms with E-state index >= 15 is 0 Å². The third kappa shape index (κ3) is 11.1. The standard InChI is InChI=1S/C13H21NO2.C4H4O4/c1-11(9-14(2)3)10-16-13-8-6-5-7-12(13)15-4;5-3(6)1-2-4(7)8/h5-8,11H,9-10H2,1-4H3;1-2H,(H,5,6)(H,7,8)/b;2-1-. The SMILES string of the molecule is COc1ccccc1OCC(C)CN(C)C.O=C(O)/C=C\C(=O)O. The molecule has 24 heavy (non-hydrogen) atoms. The lowest BCUT2D eigenvalue weighted by molar-refractivity contribution is -0.134. The molecule has 0 saturated heterocycles. The van der Waals surface area contributed by atoms with Gasteiger partial charge in [-0.1, -0.05) is 19.1 Å². The Morgan fingerprint density at radius 3 is 2.04 bits per heavy atom. The van der Waals surface area contributed by atoms with Crippen LogP contribution in [0.1, 0.15) is 6.92 Å². The number of aliphatic carboxylic acids is 2. The quantitative estimate of drug-likeness (QED) is 0.699. The number of ether oxygens (including phenoxy) is 2. The van der Waals surface area contributed by atoms with E-state index in [1.165, 1.54) is 0 Å². The summed E-state index contributed by atoms with van der Waals surface area (Å²) >= 11 is 0. The molecule has 0 aromatic heterocycles. The van der Waals surface area contributed by atoms with E-state index in [-0.39, 0.29) is 0 Å². The second kappa shape index (κ2) is 12.0. The summed E-state index contributed by atoms with van der Waals surface area (Å²) in [5.74, 6) is -0.408. The first kappa shape index (κ1) is 21.5. The van der Waals surface area contributed by atoms with Crippen molar-refractivity contribution in [3.8, 4) is 11.5 Å². The summed E-state index contributed by atoms with van der Waals surface area (Å²) < 4.78 is 11.0. The molecular weight excluding hydrogens is 314 g/mol. The molecule has 0 spiro atoms. The van der Waals surface area contributed by atoms with Crippen molar-refractivity contribution in [2.24, 2.45) is 5.92 Å². The van der Waals surface area contributed by atoms with Gasteiger partial charge in [0.05, 0.1) is 13.7 Å². The van der Waals surface area contributed by atoms with Gasteiger partial charge < -0.3 is 24.6 Å². The van der Waals surface area contributed by atoms with E-state index in [0.717, 1.165) is 18.0 Å². The van der Waals surface area contributed by atoms with Crippen LogP contribution in [0.15, 0.2) is 36.4 Å². The van der Waals surface area contributed by atoms with Crippen molar-refractivity contribution < 1.29 is 29.3 Å². The highest BCUT2D eigenvalue weighted by atomic mass is 16.5. The van der Waals surface area contributed by atoms with E-state index in [9.17, 15) is 9.59 Å². The molecule has 0 radical (unpaired) electrons. The van der Waals surface area contributed by atoms with Crippen LogP contribution in [0.4, 0.5) is 0 Å². The summed E-state index contributed by atoms with van der Waals surface area (Å²) in [7, 11) is 5.80. The zero-order valence-corrected chi connectivity index (χ0v) is 14.4. The number of benzene rings is 1. The smallest absolute Gasteiger partial charge is 0.328 e. The monoisotopic (exact) mass is 339 g/mol. The first-order valence-electron chi connectivity index (χ1n) is 7.30. The van der Waals surface area contributed by atoms with Crippen LogP contribution in [0.2, 0.25) is 0 Å². The van der Waals surface area contributed by atoms with Crippen LogP contribution in [0.5, 0.6) is 11.5 Å². The zero-order chi connectivity index (χ0) is 18.5. The second-order valence-electron chi connectivity index (χ2n) is 5.34. The van der Waals surface area contributed by atoms with Gasteiger partial charge in [-0.05, 0) is 26.2 Å². The van der Waals surface area contributed by atoms with Crippen molar-refractivity contribution in [2.75, 3.05) is 34.4 Å². The number of rotatable bonds is 8. The average molecular weight is 339 g/mol. The Morgan fingerprint density at radius 2 is 1.62 bits per heavy atom. The molecule has 7 heteroatoms. The van der Waals surface area contributed by atoms with Gasteiger partial charge in [-0.2, -0.15) is 0 Å².